The third-order valence-corrected chi connectivity index (χ3v) is 7.62. The van der Waals surface area contributed by atoms with Gasteiger partial charge in [0.25, 0.3) is 5.89 Å². The molecule has 4 aromatic rings. The molecule has 0 radical (unpaired) electrons. The van der Waals surface area contributed by atoms with Gasteiger partial charge in [-0.25, -0.2) is 13.2 Å². The van der Waals surface area contributed by atoms with E-state index in [0.717, 1.165) is 30.5 Å². The lowest BCUT2D eigenvalue weighted by molar-refractivity contribution is -0.145. The van der Waals surface area contributed by atoms with Crippen molar-refractivity contribution < 1.29 is 27.6 Å². The van der Waals surface area contributed by atoms with Crippen LogP contribution in [-0.4, -0.2) is 27.3 Å². The van der Waals surface area contributed by atoms with E-state index in [1.54, 1.807) is 19.1 Å². The van der Waals surface area contributed by atoms with Crippen molar-refractivity contribution in [3.63, 3.8) is 0 Å². The summed E-state index contributed by atoms with van der Waals surface area (Å²) in [6, 6.07) is 12.9. The molecule has 0 spiro atoms. The number of nitrogens with zero attached hydrogens (tertiary/aromatic N) is 2. The molecular formula is C29H25ClF3N3O3. The number of benzene rings is 3. The Balaban J connectivity index is 0.00000308. The molecule has 0 aliphatic heterocycles. The van der Waals surface area contributed by atoms with E-state index in [1.165, 1.54) is 17.2 Å². The highest BCUT2D eigenvalue weighted by atomic mass is 35.5. The third-order valence-electron chi connectivity index (χ3n) is 7.62. The number of halogens is 4. The molecule has 1 atom stereocenters. The van der Waals surface area contributed by atoms with Crippen LogP contribution in [0.1, 0.15) is 42.0 Å². The molecule has 1 heterocycles. The number of nitrogens with one attached hydrogen (secondary N) is 1. The molecule has 1 saturated carbocycles. The van der Waals surface area contributed by atoms with Gasteiger partial charge in [-0.1, -0.05) is 23.4 Å². The molecule has 1 unspecified atom stereocenters. The zero-order valence-electron chi connectivity index (χ0n) is 20.9. The van der Waals surface area contributed by atoms with Crippen LogP contribution in [-0.2, 0) is 11.2 Å². The second-order valence-electron chi connectivity index (χ2n) is 10.0. The number of aryl methyl sites for hydroxylation is 2. The van der Waals surface area contributed by atoms with E-state index in [0.29, 0.717) is 29.8 Å². The van der Waals surface area contributed by atoms with Crippen molar-refractivity contribution in [3.8, 4) is 34.0 Å². The number of rotatable bonds is 6. The molecule has 6 nitrogen and oxygen atoms in total. The molecule has 1 aromatic heterocycles. The second-order valence-corrected chi connectivity index (χ2v) is 10.0. The molecule has 6 rings (SSSR count). The minimum absolute atomic E-state index is 0. The summed E-state index contributed by atoms with van der Waals surface area (Å²) in [4.78, 5) is 15.6. The molecule has 0 saturated heterocycles. The molecule has 39 heavy (non-hydrogen) atoms. The van der Waals surface area contributed by atoms with Gasteiger partial charge in [-0.15, -0.1) is 12.4 Å². The Kier molecular flexibility index (Phi) is 7.22. The largest absolute Gasteiger partial charge is 0.481 e. The summed E-state index contributed by atoms with van der Waals surface area (Å²) in [5.41, 5.74) is 4.15. The lowest BCUT2D eigenvalue weighted by atomic mass is 9.80. The minimum Gasteiger partial charge on any atom is -0.481 e. The summed E-state index contributed by atoms with van der Waals surface area (Å²) in [5, 5.41) is 16.8. The quantitative estimate of drug-likeness (QED) is 0.259. The maximum atomic E-state index is 14.3. The zero-order valence-corrected chi connectivity index (χ0v) is 21.7. The van der Waals surface area contributed by atoms with Crippen molar-refractivity contribution in [2.45, 2.75) is 44.7 Å². The lowest BCUT2D eigenvalue weighted by Crippen LogP contribution is -2.45. The average Bonchev–Trinajstić information content (AvgIpc) is 3.51. The van der Waals surface area contributed by atoms with Gasteiger partial charge in [0.1, 0.15) is 5.82 Å². The molecular weight excluding hydrogens is 531 g/mol. The van der Waals surface area contributed by atoms with Crippen molar-refractivity contribution in [3.05, 3.63) is 82.7 Å². The first kappa shape index (κ1) is 26.9. The number of carboxylic acids is 1. The van der Waals surface area contributed by atoms with Crippen molar-refractivity contribution in [2.75, 3.05) is 0 Å². The Morgan fingerprint density at radius 1 is 1.03 bits per heavy atom. The van der Waals surface area contributed by atoms with Crippen LogP contribution in [0, 0.1) is 30.3 Å². The maximum absolute atomic E-state index is 14.3. The Hall–Kier alpha value is -3.69. The second kappa shape index (κ2) is 10.5. The standard InChI is InChI=1S/C29H24F3N3O3.ClH/c1-14-10-17(3-5-20(14)25-22(30)7-8-23(31)26(25)32)28-34-27(35-38-28)16-2-6-21-15(11-16)4-9-24(21)33-19-12-18(13-19)29(36)37;/h2-3,5-8,10-11,18-19,24,33H,4,9,12-13H2,1H3,(H,36,37);1H. The van der Waals surface area contributed by atoms with Gasteiger partial charge in [-0.05, 0) is 85.2 Å². The molecule has 1 fully saturated rings. The van der Waals surface area contributed by atoms with E-state index in [-0.39, 0.29) is 41.9 Å². The molecule has 2 N–H and O–H groups in total. The lowest BCUT2D eigenvalue weighted by Gasteiger charge is -2.35. The SMILES string of the molecule is Cc1cc(-c2nc(-c3ccc4c(c3)CCC4NC3CC(C(=O)O)C3)no2)ccc1-c1c(F)ccc(F)c1F.Cl. The number of carboxylic acid groups (broad SMARTS) is 1. The highest BCUT2D eigenvalue weighted by Crippen LogP contribution is 2.38. The summed E-state index contributed by atoms with van der Waals surface area (Å²) < 4.78 is 47.8. The summed E-state index contributed by atoms with van der Waals surface area (Å²) in [6.45, 7) is 1.68. The van der Waals surface area contributed by atoms with Gasteiger partial charge in [-0.2, -0.15) is 4.98 Å². The maximum Gasteiger partial charge on any atom is 0.306 e. The average molecular weight is 556 g/mol. The number of fused-ring (bicyclic) bond motifs is 1. The van der Waals surface area contributed by atoms with Crippen molar-refractivity contribution in [1.82, 2.24) is 15.5 Å². The van der Waals surface area contributed by atoms with Crippen LogP contribution >= 0.6 is 12.4 Å². The van der Waals surface area contributed by atoms with Gasteiger partial charge >= 0.3 is 5.97 Å². The predicted octanol–water partition coefficient (Wildman–Crippen LogP) is 6.66. The van der Waals surface area contributed by atoms with Gasteiger partial charge in [0.15, 0.2) is 11.6 Å². The number of carbonyl (C=O) groups is 1. The van der Waals surface area contributed by atoms with E-state index in [4.69, 9.17) is 9.63 Å². The molecule has 202 valence electrons. The molecule has 0 bridgehead atoms. The van der Waals surface area contributed by atoms with E-state index in [2.05, 4.69) is 27.6 Å². The number of hydrogen-bond donors (Lipinski definition) is 2. The Labute approximate surface area is 228 Å². The van der Waals surface area contributed by atoms with Gasteiger partial charge in [-0.3, -0.25) is 4.79 Å². The molecule has 2 aliphatic carbocycles. The fourth-order valence-corrected chi connectivity index (χ4v) is 5.48. The van der Waals surface area contributed by atoms with Crippen molar-refractivity contribution in [2.24, 2.45) is 5.92 Å². The highest BCUT2D eigenvalue weighted by molar-refractivity contribution is 5.85. The van der Waals surface area contributed by atoms with Crippen LogP contribution in [0.4, 0.5) is 13.2 Å². The van der Waals surface area contributed by atoms with Crippen molar-refractivity contribution >= 4 is 18.4 Å². The monoisotopic (exact) mass is 555 g/mol. The smallest absolute Gasteiger partial charge is 0.306 e. The summed E-state index contributed by atoms with van der Waals surface area (Å²) >= 11 is 0. The van der Waals surface area contributed by atoms with Gasteiger partial charge in [0.05, 0.1) is 11.5 Å². The predicted molar refractivity (Wildman–Crippen MR) is 141 cm³/mol. The van der Waals surface area contributed by atoms with Gasteiger partial charge < -0.3 is 14.9 Å². The van der Waals surface area contributed by atoms with Gasteiger partial charge in [0.2, 0.25) is 5.82 Å². The fraction of sp³-hybridized carbons (Fsp3) is 0.276. The van der Waals surface area contributed by atoms with Crippen LogP contribution in [0.5, 0.6) is 0 Å². The third kappa shape index (κ3) is 4.92. The molecule has 2 aliphatic rings. The zero-order chi connectivity index (χ0) is 26.6. The first-order valence-electron chi connectivity index (χ1n) is 12.5. The minimum atomic E-state index is -1.23. The molecule has 10 heteroatoms. The Bertz CT molecular complexity index is 1570. The Morgan fingerprint density at radius 2 is 1.77 bits per heavy atom. The Morgan fingerprint density at radius 3 is 2.51 bits per heavy atom. The van der Waals surface area contributed by atoms with Crippen LogP contribution in [0.2, 0.25) is 0 Å². The van der Waals surface area contributed by atoms with Crippen LogP contribution in [0.3, 0.4) is 0 Å². The van der Waals surface area contributed by atoms with Gasteiger partial charge in [0, 0.05) is 23.2 Å². The van der Waals surface area contributed by atoms with E-state index in [1.807, 2.05) is 6.07 Å². The topological polar surface area (TPSA) is 88.2 Å². The summed E-state index contributed by atoms with van der Waals surface area (Å²) in [7, 11) is 0. The van der Waals surface area contributed by atoms with E-state index in [9.17, 15) is 18.0 Å². The fourth-order valence-electron chi connectivity index (χ4n) is 5.48. The summed E-state index contributed by atoms with van der Waals surface area (Å²) in [6.07, 6.45) is 3.17. The van der Waals surface area contributed by atoms with E-state index >= 15 is 0 Å². The first-order valence-corrected chi connectivity index (χ1v) is 12.5. The van der Waals surface area contributed by atoms with Crippen LogP contribution < -0.4 is 5.32 Å². The molecule has 0 amide bonds. The number of aromatic nitrogens is 2. The summed E-state index contributed by atoms with van der Waals surface area (Å²) in [5.74, 6) is -3.47. The van der Waals surface area contributed by atoms with Crippen LogP contribution in [0.15, 0.2) is 53.1 Å². The van der Waals surface area contributed by atoms with Crippen LogP contribution in [0.25, 0.3) is 34.0 Å². The number of hydrogen-bond acceptors (Lipinski definition) is 5. The van der Waals surface area contributed by atoms with E-state index < -0.39 is 29.0 Å². The normalized spacial score (nSPS) is 19.7. The first-order chi connectivity index (χ1) is 18.3. The molecule has 3 aromatic carbocycles. The number of aliphatic carboxylic acids is 1. The van der Waals surface area contributed by atoms with Crippen molar-refractivity contribution in [1.29, 1.82) is 0 Å². The highest BCUT2D eigenvalue weighted by Gasteiger charge is 2.36.